The maximum atomic E-state index is 14.8. The van der Waals surface area contributed by atoms with E-state index in [1.807, 2.05) is 45.9 Å². The maximum absolute atomic E-state index is 14.8. The van der Waals surface area contributed by atoms with Crippen molar-refractivity contribution >= 4 is 27.5 Å². The van der Waals surface area contributed by atoms with Crippen molar-refractivity contribution in [3.05, 3.63) is 120 Å². The third-order valence-corrected chi connectivity index (χ3v) is 8.74. The number of halogens is 1. The number of sulfonamides is 1. The molecule has 0 aliphatic carbocycles. The van der Waals surface area contributed by atoms with Gasteiger partial charge >= 0.3 is 0 Å². The van der Waals surface area contributed by atoms with Crippen LogP contribution in [0.3, 0.4) is 0 Å². The average Bonchev–Trinajstić information content (AvgIpc) is 2.99. The highest BCUT2D eigenvalue weighted by molar-refractivity contribution is 7.92. The first-order valence-corrected chi connectivity index (χ1v) is 16.0. The molecule has 4 aromatic rings. The molecular formula is C35H38FN3O5S. The van der Waals surface area contributed by atoms with E-state index in [1.54, 1.807) is 54.6 Å². The van der Waals surface area contributed by atoms with Gasteiger partial charge in [-0.3, -0.25) is 13.9 Å². The fraction of sp³-hybridized carbons (Fsp3) is 0.257. The average molecular weight is 632 g/mol. The molecule has 236 valence electrons. The van der Waals surface area contributed by atoms with E-state index in [4.69, 9.17) is 4.74 Å². The summed E-state index contributed by atoms with van der Waals surface area (Å²) in [6, 6.07) is 26.7. The van der Waals surface area contributed by atoms with Gasteiger partial charge in [0, 0.05) is 17.6 Å². The molecule has 0 spiro atoms. The Bertz CT molecular complexity index is 1720. The third-order valence-electron chi connectivity index (χ3n) is 6.96. The molecule has 1 N–H and O–H groups in total. The molecule has 0 heterocycles. The molecule has 0 radical (unpaired) electrons. The molecule has 0 unspecified atom stereocenters. The van der Waals surface area contributed by atoms with E-state index in [1.165, 1.54) is 42.2 Å². The smallest absolute Gasteiger partial charge is 0.264 e. The van der Waals surface area contributed by atoms with E-state index >= 15 is 0 Å². The zero-order valence-corrected chi connectivity index (χ0v) is 26.8. The Labute approximate surface area is 264 Å². The Kier molecular flexibility index (Phi) is 10.3. The van der Waals surface area contributed by atoms with Crippen molar-refractivity contribution in [2.24, 2.45) is 0 Å². The molecule has 0 aliphatic heterocycles. The molecule has 4 aromatic carbocycles. The Morgan fingerprint density at radius 2 is 1.42 bits per heavy atom. The van der Waals surface area contributed by atoms with Crippen molar-refractivity contribution in [2.75, 3.05) is 10.8 Å². The van der Waals surface area contributed by atoms with Crippen LogP contribution in [0, 0.1) is 12.7 Å². The summed E-state index contributed by atoms with van der Waals surface area (Å²) in [7, 11) is -4.26. The summed E-state index contributed by atoms with van der Waals surface area (Å²) >= 11 is 0. The lowest BCUT2D eigenvalue weighted by atomic mass is 10.1. The fourth-order valence-corrected chi connectivity index (χ4v) is 5.95. The number of nitrogens with zero attached hydrogens (tertiary/aromatic N) is 2. The summed E-state index contributed by atoms with van der Waals surface area (Å²) in [5.41, 5.74) is 0.676. The van der Waals surface area contributed by atoms with E-state index < -0.39 is 45.8 Å². The lowest BCUT2D eigenvalue weighted by Crippen LogP contribution is -2.54. The summed E-state index contributed by atoms with van der Waals surface area (Å²) in [5, 5.41) is 2.85. The number of benzene rings is 4. The number of para-hydroxylation sites is 1. The van der Waals surface area contributed by atoms with E-state index in [0.717, 1.165) is 9.87 Å². The van der Waals surface area contributed by atoms with Crippen LogP contribution in [0.4, 0.5) is 10.1 Å². The number of rotatable bonds is 11. The number of amides is 2. The highest BCUT2D eigenvalue weighted by Gasteiger charge is 2.33. The van der Waals surface area contributed by atoms with Crippen LogP contribution < -0.4 is 14.4 Å². The number of hydrogen-bond donors (Lipinski definition) is 1. The normalized spacial score (nSPS) is 12.2. The van der Waals surface area contributed by atoms with Crippen LogP contribution in [0.2, 0.25) is 0 Å². The molecule has 4 rings (SSSR count). The first kappa shape index (κ1) is 33.2. The topological polar surface area (TPSA) is 96.0 Å². The second kappa shape index (κ2) is 13.9. The molecule has 0 bridgehead atoms. The lowest BCUT2D eigenvalue weighted by molar-refractivity contribution is -0.140. The Hall–Kier alpha value is -4.70. The van der Waals surface area contributed by atoms with Crippen molar-refractivity contribution in [1.82, 2.24) is 10.2 Å². The zero-order chi connectivity index (χ0) is 32.8. The molecule has 1 atom stereocenters. The van der Waals surface area contributed by atoms with Crippen molar-refractivity contribution < 1.29 is 27.1 Å². The van der Waals surface area contributed by atoms with Gasteiger partial charge in [-0.25, -0.2) is 12.8 Å². The van der Waals surface area contributed by atoms with Gasteiger partial charge in [-0.05, 0) is 89.2 Å². The van der Waals surface area contributed by atoms with Crippen LogP contribution >= 0.6 is 0 Å². The zero-order valence-electron chi connectivity index (χ0n) is 26.0. The molecule has 8 nitrogen and oxygen atoms in total. The standard InChI is InChI=1S/C35H38FN3O5S/c1-25-15-21-31(22-16-25)45(42,43)39(28-17-19-30(20-18-28)44-29-12-7-6-8-13-29)24-33(40)38(23-27-11-9-10-14-32(27)36)26(2)34(41)37-35(3,4)5/h6-22,26H,23-24H2,1-5H3,(H,37,41)/t26-/m1/s1. The predicted molar refractivity (Wildman–Crippen MR) is 173 cm³/mol. The monoisotopic (exact) mass is 631 g/mol. The number of aryl methyl sites for hydroxylation is 1. The van der Waals surface area contributed by atoms with Gasteiger partial charge in [0.05, 0.1) is 10.6 Å². The highest BCUT2D eigenvalue weighted by Crippen LogP contribution is 2.29. The summed E-state index contributed by atoms with van der Waals surface area (Å²) in [5.74, 6) is -0.608. The molecule has 45 heavy (non-hydrogen) atoms. The molecule has 0 aliphatic rings. The molecule has 0 aromatic heterocycles. The second-order valence-electron chi connectivity index (χ2n) is 11.8. The predicted octanol–water partition coefficient (Wildman–Crippen LogP) is 6.45. The largest absolute Gasteiger partial charge is 0.457 e. The van der Waals surface area contributed by atoms with E-state index in [0.29, 0.717) is 11.5 Å². The lowest BCUT2D eigenvalue weighted by Gasteiger charge is -2.33. The Balaban J connectivity index is 1.72. The van der Waals surface area contributed by atoms with Crippen LogP contribution in [0.25, 0.3) is 0 Å². The summed E-state index contributed by atoms with van der Waals surface area (Å²) in [6.07, 6.45) is 0. The van der Waals surface area contributed by atoms with E-state index in [-0.39, 0.29) is 22.7 Å². The number of nitrogens with one attached hydrogen (secondary N) is 1. The number of carbonyl (C=O) groups excluding carboxylic acids is 2. The van der Waals surface area contributed by atoms with Gasteiger partial charge in [-0.2, -0.15) is 0 Å². The van der Waals surface area contributed by atoms with E-state index in [9.17, 15) is 22.4 Å². The van der Waals surface area contributed by atoms with E-state index in [2.05, 4.69) is 5.32 Å². The minimum atomic E-state index is -4.26. The van der Waals surface area contributed by atoms with Crippen molar-refractivity contribution in [3.63, 3.8) is 0 Å². The minimum Gasteiger partial charge on any atom is -0.457 e. The molecule has 0 saturated carbocycles. The minimum absolute atomic E-state index is 0.00955. The first-order valence-electron chi connectivity index (χ1n) is 14.5. The molecule has 0 saturated heterocycles. The number of hydrogen-bond acceptors (Lipinski definition) is 5. The van der Waals surface area contributed by atoms with Crippen LogP contribution in [0.15, 0.2) is 108 Å². The molecular weight excluding hydrogens is 593 g/mol. The van der Waals surface area contributed by atoms with Crippen LogP contribution in [-0.4, -0.2) is 43.3 Å². The van der Waals surface area contributed by atoms with Crippen molar-refractivity contribution in [1.29, 1.82) is 0 Å². The second-order valence-corrected chi connectivity index (χ2v) is 13.6. The summed E-state index contributed by atoms with van der Waals surface area (Å²) in [4.78, 5) is 28.5. The van der Waals surface area contributed by atoms with Gasteiger partial charge in [0.2, 0.25) is 11.8 Å². The SMILES string of the molecule is Cc1ccc(S(=O)(=O)N(CC(=O)N(Cc2ccccc2F)[C@H](C)C(=O)NC(C)(C)C)c2ccc(Oc3ccccc3)cc2)cc1. The van der Waals surface area contributed by atoms with Crippen LogP contribution in [-0.2, 0) is 26.2 Å². The number of carbonyl (C=O) groups is 2. The number of anilines is 1. The van der Waals surface area contributed by atoms with Gasteiger partial charge in [0.15, 0.2) is 0 Å². The van der Waals surface area contributed by atoms with Gasteiger partial charge in [0.25, 0.3) is 10.0 Å². The summed E-state index contributed by atoms with van der Waals surface area (Å²) in [6.45, 7) is 7.91. The summed E-state index contributed by atoms with van der Waals surface area (Å²) < 4.78 is 49.8. The molecule has 0 fully saturated rings. The number of ether oxygens (including phenoxy) is 1. The van der Waals surface area contributed by atoms with Crippen LogP contribution in [0.1, 0.15) is 38.8 Å². The maximum Gasteiger partial charge on any atom is 0.264 e. The van der Waals surface area contributed by atoms with Gasteiger partial charge in [-0.15, -0.1) is 0 Å². The van der Waals surface area contributed by atoms with Crippen LogP contribution in [0.5, 0.6) is 11.5 Å². The van der Waals surface area contributed by atoms with Gasteiger partial charge in [0.1, 0.15) is 29.9 Å². The highest BCUT2D eigenvalue weighted by atomic mass is 32.2. The fourth-order valence-electron chi connectivity index (χ4n) is 4.54. The van der Waals surface area contributed by atoms with Gasteiger partial charge in [-0.1, -0.05) is 54.1 Å². The van der Waals surface area contributed by atoms with Crippen molar-refractivity contribution in [3.8, 4) is 11.5 Å². The molecule has 2 amide bonds. The quantitative estimate of drug-likeness (QED) is 0.205. The van der Waals surface area contributed by atoms with Gasteiger partial charge < -0.3 is 15.0 Å². The Morgan fingerprint density at radius 3 is 2.02 bits per heavy atom. The third kappa shape index (κ3) is 8.69. The Morgan fingerprint density at radius 1 is 0.844 bits per heavy atom. The molecule has 10 heteroatoms. The first-order chi connectivity index (χ1) is 21.2. The van der Waals surface area contributed by atoms with Crippen molar-refractivity contribution in [2.45, 2.75) is 57.6 Å².